The average Bonchev–Trinajstić information content (AvgIpc) is 2.61. The molecule has 0 bridgehead atoms. The third-order valence-corrected chi connectivity index (χ3v) is 4.04. The highest BCUT2D eigenvalue weighted by atomic mass is 79.9. The molecular weight excluding hydrogens is 420 g/mol. The molecule has 2 aromatic rings. The van der Waals surface area contributed by atoms with Gasteiger partial charge >= 0.3 is 0 Å². The summed E-state index contributed by atoms with van der Waals surface area (Å²) >= 11 is 8.46. The minimum Gasteiger partial charge on any atom is -0.488 e. The molecule has 0 aliphatic heterocycles. The molecule has 0 heterocycles. The fourth-order valence-corrected chi connectivity index (χ4v) is 2.71. The third kappa shape index (κ3) is 6.08. The summed E-state index contributed by atoms with van der Waals surface area (Å²) in [7, 11) is 0. The summed E-state index contributed by atoms with van der Waals surface area (Å²) in [6.45, 7) is 2.90. The van der Waals surface area contributed by atoms with Crippen LogP contribution < -0.4 is 15.5 Å². The van der Waals surface area contributed by atoms with Crippen LogP contribution in [0.2, 0.25) is 0 Å². The molecule has 9 heteroatoms. The van der Waals surface area contributed by atoms with E-state index in [0.29, 0.717) is 10.9 Å². The molecule has 0 saturated carbocycles. The maximum atomic E-state index is 10.8. The van der Waals surface area contributed by atoms with Crippen molar-refractivity contribution in [3.63, 3.8) is 0 Å². The van der Waals surface area contributed by atoms with Crippen LogP contribution in [0.25, 0.3) is 0 Å². The van der Waals surface area contributed by atoms with Gasteiger partial charge in [0.05, 0.1) is 15.6 Å². The third-order valence-electron chi connectivity index (χ3n) is 3.19. The SMILES string of the molecule is CCNC(=S)N/N=C\c1ccc(OCc2cccc([N+](=O)[O-])c2)c(Br)c1. The van der Waals surface area contributed by atoms with E-state index in [1.54, 1.807) is 24.4 Å². The van der Waals surface area contributed by atoms with E-state index >= 15 is 0 Å². The van der Waals surface area contributed by atoms with Crippen LogP contribution in [0, 0.1) is 10.1 Å². The molecule has 2 rings (SSSR count). The quantitative estimate of drug-likeness (QED) is 0.297. The Labute approximate surface area is 164 Å². The molecule has 0 unspecified atom stereocenters. The second-order valence-corrected chi connectivity index (χ2v) is 6.40. The zero-order chi connectivity index (χ0) is 18.9. The number of halogens is 1. The van der Waals surface area contributed by atoms with E-state index in [-0.39, 0.29) is 12.3 Å². The Hall–Kier alpha value is -2.52. The lowest BCUT2D eigenvalue weighted by atomic mass is 10.2. The molecule has 0 spiro atoms. The number of nitrogens with zero attached hydrogens (tertiary/aromatic N) is 2. The molecule has 7 nitrogen and oxygen atoms in total. The van der Waals surface area contributed by atoms with Gasteiger partial charge in [-0.25, -0.2) is 0 Å². The summed E-state index contributed by atoms with van der Waals surface area (Å²) in [5, 5.41) is 18.2. The first-order valence-corrected chi connectivity index (χ1v) is 8.92. The molecule has 0 radical (unpaired) electrons. The Bertz CT molecular complexity index is 829. The molecule has 26 heavy (non-hydrogen) atoms. The van der Waals surface area contributed by atoms with E-state index in [4.69, 9.17) is 17.0 Å². The summed E-state index contributed by atoms with van der Waals surface area (Å²) in [4.78, 5) is 10.4. The Kier molecular flexibility index (Phi) is 7.49. The summed E-state index contributed by atoms with van der Waals surface area (Å²) in [6, 6.07) is 11.8. The van der Waals surface area contributed by atoms with Crippen molar-refractivity contribution in [1.82, 2.24) is 10.7 Å². The molecule has 0 aromatic heterocycles. The number of nitro groups is 1. The van der Waals surface area contributed by atoms with Crippen LogP contribution in [0.15, 0.2) is 52.0 Å². The van der Waals surface area contributed by atoms with Crippen molar-refractivity contribution < 1.29 is 9.66 Å². The number of nitro benzene ring substituents is 1. The van der Waals surface area contributed by atoms with Gasteiger partial charge in [0.2, 0.25) is 0 Å². The number of non-ortho nitro benzene ring substituents is 1. The highest BCUT2D eigenvalue weighted by Crippen LogP contribution is 2.26. The Morgan fingerprint density at radius 2 is 2.19 bits per heavy atom. The lowest BCUT2D eigenvalue weighted by molar-refractivity contribution is -0.384. The van der Waals surface area contributed by atoms with Crippen LogP contribution in [-0.4, -0.2) is 22.8 Å². The van der Waals surface area contributed by atoms with Crippen LogP contribution in [0.4, 0.5) is 5.69 Å². The van der Waals surface area contributed by atoms with Gasteiger partial charge in [0.15, 0.2) is 5.11 Å². The standard InChI is InChI=1S/C17H17BrN4O3S/c1-2-19-17(26)21-20-10-12-6-7-16(15(18)9-12)25-11-13-4-3-5-14(8-13)22(23)24/h3-10H,2,11H2,1H3,(H2,19,21,26)/b20-10-. The lowest BCUT2D eigenvalue weighted by Crippen LogP contribution is -2.31. The number of rotatable bonds is 7. The fourth-order valence-electron chi connectivity index (χ4n) is 2.00. The molecule has 2 aromatic carbocycles. The molecule has 136 valence electrons. The van der Waals surface area contributed by atoms with Gasteiger partial charge in [0.25, 0.3) is 5.69 Å². The first-order valence-electron chi connectivity index (χ1n) is 7.72. The second-order valence-electron chi connectivity index (χ2n) is 5.14. The number of hydrazone groups is 1. The zero-order valence-corrected chi connectivity index (χ0v) is 16.3. The van der Waals surface area contributed by atoms with Gasteiger partial charge in [-0.05, 0) is 64.4 Å². The van der Waals surface area contributed by atoms with Crippen molar-refractivity contribution in [3.05, 3.63) is 68.2 Å². The number of thiocarbonyl (C=S) groups is 1. The van der Waals surface area contributed by atoms with Crippen LogP contribution in [0.1, 0.15) is 18.1 Å². The molecule has 0 saturated heterocycles. The van der Waals surface area contributed by atoms with E-state index in [0.717, 1.165) is 22.1 Å². The smallest absolute Gasteiger partial charge is 0.269 e. The lowest BCUT2D eigenvalue weighted by Gasteiger charge is -2.09. The van der Waals surface area contributed by atoms with Gasteiger partial charge < -0.3 is 10.1 Å². The summed E-state index contributed by atoms with van der Waals surface area (Å²) in [6.07, 6.45) is 1.64. The maximum absolute atomic E-state index is 10.8. The van der Waals surface area contributed by atoms with Crippen molar-refractivity contribution in [1.29, 1.82) is 0 Å². The van der Waals surface area contributed by atoms with E-state index in [1.165, 1.54) is 12.1 Å². The first-order chi connectivity index (χ1) is 12.5. The molecule has 0 fully saturated rings. The number of nitrogens with one attached hydrogen (secondary N) is 2. The van der Waals surface area contributed by atoms with Crippen molar-refractivity contribution in [2.45, 2.75) is 13.5 Å². The topological polar surface area (TPSA) is 88.8 Å². The van der Waals surface area contributed by atoms with Gasteiger partial charge in [-0.15, -0.1) is 0 Å². The first kappa shape index (κ1) is 19.8. The van der Waals surface area contributed by atoms with Gasteiger partial charge in [-0.1, -0.05) is 12.1 Å². The zero-order valence-electron chi connectivity index (χ0n) is 13.9. The molecule has 0 atom stereocenters. The van der Waals surface area contributed by atoms with E-state index in [9.17, 15) is 10.1 Å². The molecule has 0 aliphatic rings. The summed E-state index contributed by atoms with van der Waals surface area (Å²) in [5.74, 6) is 0.629. The van der Waals surface area contributed by atoms with E-state index in [2.05, 4.69) is 31.8 Å². The molecule has 2 N–H and O–H groups in total. The summed E-state index contributed by atoms with van der Waals surface area (Å²) < 4.78 is 6.48. The Morgan fingerprint density at radius 3 is 2.88 bits per heavy atom. The number of benzene rings is 2. The number of ether oxygens (including phenoxy) is 1. The van der Waals surface area contributed by atoms with Crippen LogP contribution in [0.5, 0.6) is 5.75 Å². The predicted octanol–water partition coefficient (Wildman–Crippen LogP) is 3.75. The second kappa shape index (κ2) is 9.83. The predicted molar refractivity (Wildman–Crippen MR) is 109 cm³/mol. The van der Waals surface area contributed by atoms with Gasteiger partial charge in [-0.2, -0.15) is 5.10 Å². The monoisotopic (exact) mass is 436 g/mol. The van der Waals surface area contributed by atoms with Crippen molar-refractivity contribution in [2.24, 2.45) is 5.10 Å². The van der Waals surface area contributed by atoms with E-state index in [1.807, 2.05) is 19.1 Å². The minimum atomic E-state index is -0.427. The molecule has 0 aliphatic carbocycles. The highest BCUT2D eigenvalue weighted by Gasteiger charge is 2.07. The van der Waals surface area contributed by atoms with Gasteiger partial charge in [0.1, 0.15) is 12.4 Å². The van der Waals surface area contributed by atoms with E-state index < -0.39 is 4.92 Å². The Balaban J connectivity index is 1.97. The maximum Gasteiger partial charge on any atom is 0.269 e. The van der Waals surface area contributed by atoms with Gasteiger partial charge in [-0.3, -0.25) is 15.5 Å². The van der Waals surface area contributed by atoms with Gasteiger partial charge in [0, 0.05) is 18.7 Å². The fraction of sp³-hybridized carbons (Fsp3) is 0.176. The van der Waals surface area contributed by atoms with Crippen LogP contribution in [0.3, 0.4) is 0 Å². The van der Waals surface area contributed by atoms with Crippen molar-refractivity contribution in [2.75, 3.05) is 6.54 Å². The molecular formula is C17H17BrN4O3S. The van der Waals surface area contributed by atoms with Crippen LogP contribution in [-0.2, 0) is 6.61 Å². The van der Waals surface area contributed by atoms with Crippen molar-refractivity contribution in [3.8, 4) is 5.75 Å². The summed E-state index contributed by atoms with van der Waals surface area (Å²) in [5.41, 5.74) is 4.33. The van der Waals surface area contributed by atoms with Crippen LogP contribution >= 0.6 is 28.1 Å². The highest BCUT2D eigenvalue weighted by molar-refractivity contribution is 9.10. The normalized spacial score (nSPS) is 10.5. The minimum absolute atomic E-state index is 0.0414. The average molecular weight is 437 g/mol. The Morgan fingerprint density at radius 1 is 1.38 bits per heavy atom. The number of hydrogen-bond acceptors (Lipinski definition) is 5. The molecule has 0 amide bonds. The largest absolute Gasteiger partial charge is 0.488 e. The van der Waals surface area contributed by atoms with Crippen molar-refractivity contribution >= 4 is 45.2 Å². The number of hydrogen-bond donors (Lipinski definition) is 2.